The molecule has 2 rings (SSSR count). The lowest BCUT2D eigenvalue weighted by Gasteiger charge is -2.11. The predicted octanol–water partition coefficient (Wildman–Crippen LogP) is 4.29. The molecule has 0 fully saturated rings. The minimum absolute atomic E-state index is 0.110. The van der Waals surface area contributed by atoms with Crippen LogP contribution in [-0.2, 0) is 17.6 Å². The summed E-state index contributed by atoms with van der Waals surface area (Å²) in [6, 6.07) is 17.0. The summed E-state index contributed by atoms with van der Waals surface area (Å²) in [5, 5.41) is 0. The van der Waals surface area contributed by atoms with Crippen molar-refractivity contribution in [3.05, 3.63) is 70.8 Å². The van der Waals surface area contributed by atoms with Crippen molar-refractivity contribution in [3.63, 3.8) is 0 Å². The molecule has 0 bridgehead atoms. The molecular weight excluding hydrogens is 244 g/mol. The van der Waals surface area contributed by atoms with E-state index in [0.717, 1.165) is 25.5 Å². The molecular formula is C19H22O. The first-order valence-corrected chi connectivity index (χ1v) is 7.24. The highest BCUT2D eigenvalue weighted by Gasteiger charge is 2.09. The number of rotatable bonds is 6. The fraction of sp³-hybridized carbons (Fsp3) is 0.316. The van der Waals surface area contributed by atoms with Gasteiger partial charge in [0, 0.05) is 5.92 Å². The summed E-state index contributed by atoms with van der Waals surface area (Å²) in [4.78, 5) is 11.3. The molecule has 0 radical (unpaired) electrons. The summed E-state index contributed by atoms with van der Waals surface area (Å²) < 4.78 is 0. The Morgan fingerprint density at radius 2 is 1.35 bits per heavy atom. The molecule has 1 heteroatoms. The summed E-state index contributed by atoms with van der Waals surface area (Å²) >= 11 is 0. The maximum Gasteiger partial charge on any atom is 0.123 e. The monoisotopic (exact) mass is 266 g/mol. The molecule has 104 valence electrons. The maximum absolute atomic E-state index is 11.3. The fourth-order valence-electron chi connectivity index (χ4n) is 2.35. The van der Waals surface area contributed by atoms with E-state index in [1.807, 2.05) is 0 Å². The van der Waals surface area contributed by atoms with E-state index in [0.29, 0.717) is 0 Å². The van der Waals surface area contributed by atoms with E-state index in [1.54, 1.807) is 0 Å². The quantitative estimate of drug-likeness (QED) is 0.713. The van der Waals surface area contributed by atoms with Gasteiger partial charge in [-0.15, -0.1) is 0 Å². The summed E-state index contributed by atoms with van der Waals surface area (Å²) in [7, 11) is 0. The first-order valence-electron chi connectivity index (χ1n) is 7.24. The highest BCUT2D eigenvalue weighted by atomic mass is 16.1. The minimum Gasteiger partial charge on any atom is -0.303 e. The predicted molar refractivity (Wildman–Crippen MR) is 83.9 cm³/mol. The van der Waals surface area contributed by atoms with E-state index < -0.39 is 0 Å². The number of carbonyl (C=O) groups excluding carboxylic acids is 1. The van der Waals surface area contributed by atoms with Crippen LogP contribution in [0.5, 0.6) is 0 Å². The van der Waals surface area contributed by atoms with Crippen LogP contribution in [0, 0.1) is 19.8 Å². The molecule has 0 spiro atoms. The van der Waals surface area contributed by atoms with Crippen molar-refractivity contribution < 1.29 is 4.79 Å². The van der Waals surface area contributed by atoms with E-state index in [2.05, 4.69) is 62.4 Å². The Labute approximate surface area is 121 Å². The molecule has 0 aromatic heterocycles. The molecule has 0 saturated carbocycles. The molecule has 0 aliphatic carbocycles. The lowest BCUT2D eigenvalue weighted by molar-refractivity contribution is -0.111. The van der Waals surface area contributed by atoms with Crippen LogP contribution in [0.25, 0.3) is 0 Å². The number of hydrogen-bond acceptors (Lipinski definition) is 1. The molecule has 1 atom stereocenters. The molecule has 0 heterocycles. The van der Waals surface area contributed by atoms with E-state index in [9.17, 15) is 4.79 Å². The van der Waals surface area contributed by atoms with E-state index >= 15 is 0 Å². The average Bonchev–Trinajstić information content (AvgIpc) is 2.47. The van der Waals surface area contributed by atoms with Gasteiger partial charge in [0.25, 0.3) is 0 Å². The number of benzene rings is 2. The van der Waals surface area contributed by atoms with Crippen LogP contribution in [0.15, 0.2) is 48.5 Å². The van der Waals surface area contributed by atoms with Gasteiger partial charge >= 0.3 is 0 Å². The van der Waals surface area contributed by atoms with Gasteiger partial charge < -0.3 is 4.79 Å². The Morgan fingerprint density at radius 1 is 0.850 bits per heavy atom. The Bertz CT molecular complexity index is 537. The molecule has 20 heavy (non-hydrogen) atoms. The van der Waals surface area contributed by atoms with Crippen LogP contribution >= 0.6 is 0 Å². The van der Waals surface area contributed by atoms with Gasteiger partial charge in [-0.2, -0.15) is 0 Å². The van der Waals surface area contributed by atoms with Gasteiger partial charge in [0.2, 0.25) is 0 Å². The Morgan fingerprint density at radius 3 is 1.85 bits per heavy atom. The largest absolute Gasteiger partial charge is 0.303 e. The van der Waals surface area contributed by atoms with E-state index in [4.69, 9.17) is 0 Å². The SMILES string of the molecule is Cc1ccc(CCC(C=O)Cc2ccc(C)cc2)cc1. The number of aryl methyl sites for hydroxylation is 3. The van der Waals surface area contributed by atoms with Gasteiger partial charge in [-0.25, -0.2) is 0 Å². The standard InChI is InChI=1S/C19H22O/c1-15-3-7-17(8-4-15)11-12-19(14-20)13-18-9-5-16(2)6-10-18/h3-10,14,19H,11-13H2,1-2H3. The van der Waals surface area contributed by atoms with Gasteiger partial charge in [0.1, 0.15) is 6.29 Å². The fourth-order valence-corrected chi connectivity index (χ4v) is 2.35. The van der Waals surface area contributed by atoms with Crippen LogP contribution in [0.4, 0.5) is 0 Å². The van der Waals surface area contributed by atoms with Gasteiger partial charge in [-0.05, 0) is 44.2 Å². The summed E-state index contributed by atoms with van der Waals surface area (Å²) in [5.74, 6) is 0.110. The van der Waals surface area contributed by atoms with Crippen molar-refractivity contribution in [1.82, 2.24) is 0 Å². The summed E-state index contributed by atoms with van der Waals surface area (Å²) in [5.41, 5.74) is 5.10. The van der Waals surface area contributed by atoms with Gasteiger partial charge in [-0.3, -0.25) is 0 Å². The zero-order chi connectivity index (χ0) is 14.4. The van der Waals surface area contributed by atoms with E-state index in [1.165, 1.54) is 22.3 Å². The van der Waals surface area contributed by atoms with Gasteiger partial charge in [0.05, 0.1) is 0 Å². The molecule has 0 saturated heterocycles. The van der Waals surface area contributed by atoms with Crippen molar-refractivity contribution in [2.45, 2.75) is 33.1 Å². The first kappa shape index (κ1) is 14.5. The molecule has 0 aliphatic rings. The molecule has 2 aromatic carbocycles. The molecule has 1 nitrogen and oxygen atoms in total. The molecule has 0 aliphatic heterocycles. The summed E-state index contributed by atoms with van der Waals surface area (Å²) in [6.45, 7) is 4.17. The Kier molecular flexibility index (Phi) is 5.11. The second-order valence-corrected chi connectivity index (χ2v) is 5.61. The highest BCUT2D eigenvalue weighted by molar-refractivity contribution is 5.54. The number of aldehydes is 1. The smallest absolute Gasteiger partial charge is 0.123 e. The zero-order valence-corrected chi connectivity index (χ0v) is 12.3. The highest BCUT2D eigenvalue weighted by Crippen LogP contribution is 2.15. The first-order chi connectivity index (χ1) is 9.67. The third-order valence-electron chi connectivity index (χ3n) is 3.74. The van der Waals surface area contributed by atoms with Crippen molar-refractivity contribution in [1.29, 1.82) is 0 Å². The topological polar surface area (TPSA) is 17.1 Å². The second-order valence-electron chi connectivity index (χ2n) is 5.61. The van der Waals surface area contributed by atoms with E-state index in [-0.39, 0.29) is 5.92 Å². The van der Waals surface area contributed by atoms with Crippen LogP contribution in [0.1, 0.15) is 28.7 Å². The average molecular weight is 266 g/mol. The molecule has 0 N–H and O–H groups in total. The van der Waals surface area contributed by atoms with Crippen LogP contribution in [0.3, 0.4) is 0 Å². The van der Waals surface area contributed by atoms with Crippen molar-refractivity contribution in [3.8, 4) is 0 Å². The molecule has 1 unspecified atom stereocenters. The Hall–Kier alpha value is -1.89. The molecule has 0 amide bonds. The Balaban J connectivity index is 1.90. The van der Waals surface area contributed by atoms with Gasteiger partial charge in [-0.1, -0.05) is 59.7 Å². The number of hydrogen-bond donors (Lipinski definition) is 0. The molecule has 2 aromatic rings. The normalized spacial score (nSPS) is 12.1. The van der Waals surface area contributed by atoms with Crippen molar-refractivity contribution in [2.75, 3.05) is 0 Å². The van der Waals surface area contributed by atoms with Crippen LogP contribution < -0.4 is 0 Å². The van der Waals surface area contributed by atoms with Crippen LogP contribution in [-0.4, -0.2) is 6.29 Å². The maximum atomic E-state index is 11.3. The lowest BCUT2D eigenvalue weighted by Crippen LogP contribution is -2.07. The van der Waals surface area contributed by atoms with Crippen molar-refractivity contribution >= 4 is 6.29 Å². The third-order valence-corrected chi connectivity index (χ3v) is 3.74. The summed E-state index contributed by atoms with van der Waals surface area (Å²) in [6.07, 6.45) is 3.83. The third kappa shape index (κ3) is 4.34. The minimum atomic E-state index is 0.110. The second kappa shape index (κ2) is 7.04. The van der Waals surface area contributed by atoms with Crippen LogP contribution in [0.2, 0.25) is 0 Å². The zero-order valence-electron chi connectivity index (χ0n) is 12.3. The lowest BCUT2D eigenvalue weighted by atomic mass is 9.93. The van der Waals surface area contributed by atoms with Crippen molar-refractivity contribution in [2.24, 2.45) is 5.92 Å². The van der Waals surface area contributed by atoms with Gasteiger partial charge in [0.15, 0.2) is 0 Å². The number of carbonyl (C=O) groups is 1.